The molecule has 3 heterocycles. The highest BCUT2D eigenvalue weighted by molar-refractivity contribution is 5.92. The molecule has 0 radical (unpaired) electrons. The van der Waals surface area contributed by atoms with Crippen molar-refractivity contribution in [1.82, 2.24) is 14.9 Å². The predicted octanol–water partition coefficient (Wildman–Crippen LogP) is 3.63. The number of carboxylic acid groups (broad SMARTS) is 1. The summed E-state index contributed by atoms with van der Waals surface area (Å²) in [6, 6.07) is 11.8. The van der Waals surface area contributed by atoms with Crippen LogP contribution in [0.25, 0.3) is 28.0 Å². The van der Waals surface area contributed by atoms with Gasteiger partial charge in [0.05, 0.1) is 5.39 Å². The molecule has 2 aromatic heterocycles. The number of hydrogen-bond donors (Lipinski definition) is 2. The van der Waals surface area contributed by atoms with E-state index in [2.05, 4.69) is 10.3 Å². The molecule has 0 spiro atoms. The molecule has 0 unspecified atom stereocenters. The van der Waals surface area contributed by atoms with Crippen molar-refractivity contribution in [2.45, 2.75) is 13.1 Å². The van der Waals surface area contributed by atoms with E-state index in [0.717, 1.165) is 29.9 Å². The molecule has 5 rings (SSSR count). The Kier molecular flexibility index (Phi) is 4.37. The van der Waals surface area contributed by atoms with E-state index in [0.29, 0.717) is 17.8 Å². The molecule has 0 aliphatic carbocycles. The fourth-order valence-electron chi connectivity index (χ4n) is 3.82. The fraction of sp³-hybridized carbons (Fsp3) is 0.0870. The third-order valence-electron chi connectivity index (χ3n) is 5.38. The number of nitrogens with one attached hydrogen (secondary N) is 1. The van der Waals surface area contributed by atoms with Crippen molar-refractivity contribution in [3.05, 3.63) is 93.3 Å². The molecule has 6 nitrogen and oxygen atoms in total. The largest absolute Gasteiger partial charge is 0.477 e. The highest BCUT2D eigenvalue weighted by Gasteiger charge is 2.20. The number of pyridine rings is 2. The Morgan fingerprint density at radius 1 is 1.03 bits per heavy atom. The van der Waals surface area contributed by atoms with E-state index >= 15 is 4.39 Å². The minimum Gasteiger partial charge on any atom is -0.477 e. The minimum absolute atomic E-state index is 0.0422. The van der Waals surface area contributed by atoms with Gasteiger partial charge in [0.1, 0.15) is 28.5 Å². The van der Waals surface area contributed by atoms with Crippen LogP contribution in [-0.2, 0) is 13.1 Å². The van der Waals surface area contributed by atoms with Gasteiger partial charge in [-0.3, -0.25) is 4.79 Å². The summed E-state index contributed by atoms with van der Waals surface area (Å²) in [7, 11) is 0. The first-order chi connectivity index (χ1) is 14.9. The zero-order valence-electron chi connectivity index (χ0n) is 16.0. The number of benzene rings is 2. The molecule has 0 bridgehead atoms. The quantitative estimate of drug-likeness (QED) is 0.530. The first kappa shape index (κ1) is 19.1. The SMILES string of the molecule is O=C(O)c1cn(-c2ccc(F)cc2)c2nc(-c3ccc4c(c3)CNC4)c(F)cc2c1=O. The Labute approximate surface area is 174 Å². The van der Waals surface area contributed by atoms with Gasteiger partial charge >= 0.3 is 5.97 Å². The second-order valence-electron chi connectivity index (χ2n) is 7.30. The zero-order chi connectivity index (χ0) is 21.7. The van der Waals surface area contributed by atoms with Gasteiger partial charge in [0, 0.05) is 30.5 Å². The topological polar surface area (TPSA) is 84.2 Å². The molecule has 4 aromatic rings. The number of aromatic carboxylic acids is 1. The van der Waals surface area contributed by atoms with E-state index in [1.165, 1.54) is 28.8 Å². The molecule has 2 aromatic carbocycles. The summed E-state index contributed by atoms with van der Waals surface area (Å²) in [5.74, 6) is -2.65. The summed E-state index contributed by atoms with van der Waals surface area (Å²) in [6.45, 7) is 1.41. The lowest BCUT2D eigenvalue weighted by molar-refractivity contribution is 0.0695. The van der Waals surface area contributed by atoms with Gasteiger partial charge in [0.15, 0.2) is 0 Å². The Morgan fingerprint density at radius 3 is 2.52 bits per heavy atom. The normalized spacial score (nSPS) is 12.8. The highest BCUT2D eigenvalue weighted by atomic mass is 19.1. The van der Waals surface area contributed by atoms with Gasteiger partial charge in [-0.1, -0.05) is 12.1 Å². The summed E-state index contributed by atoms with van der Waals surface area (Å²) in [5, 5.41) is 12.5. The first-order valence-corrected chi connectivity index (χ1v) is 9.50. The molecule has 154 valence electrons. The average Bonchev–Trinajstić information content (AvgIpc) is 3.22. The van der Waals surface area contributed by atoms with Crippen LogP contribution in [-0.4, -0.2) is 20.6 Å². The summed E-state index contributed by atoms with van der Waals surface area (Å²) < 4.78 is 29.8. The third kappa shape index (κ3) is 3.17. The van der Waals surface area contributed by atoms with Crippen molar-refractivity contribution in [1.29, 1.82) is 0 Å². The van der Waals surface area contributed by atoms with Crippen LogP contribution in [0.3, 0.4) is 0 Å². The number of carbonyl (C=O) groups is 1. The molecule has 0 atom stereocenters. The van der Waals surface area contributed by atoms with Crippen LogP contribution >= 0.6 is 0 Å². The van der Waals surface area contributed by atoms with Gasteiger partial charge in [0.25, 0.3) is 0 Å². The molecule has 0 saturated heterocycles. The monoisotopic (exact) mass is 419 g/mol. The zero-order valence-corrected chi connectivity index (χ0v) is 16.0. The standard InChI is InChI=1S/C23H15F2N3O3/c24-15-3-5-16(6-4-15)28-11-18(23(30)31)21(29)17-8-19(25)20(27-22(17)28)12-1-2-13-9-26-10-14(13)7-12/h1-8,11,26H,9-10H2,(H,30,31). The highest BCUT2D eigenvalue weighted by Crippen LogP contribution is 2.28. The van der Waals surface area contributed by atoms with Crippen LogP contribution in [0.2, 0.25) is 0 Å². The number of carboxylic acids is 1. The maximum absolute atomic E-state index is 15.0. The third-order valence-corrected chi connectivity index (χ3v) is 5.38. The second kappa shape index (κ2) is 7.10. The van der Waals surface area contributed by atoms with Crippen LogP contribution < -0.4 is 10.7 Å². The predicted molar refractivity (Wildman–Crippen MR) is 110 cm³/mol. The Hall–Kier alpha value is -3.91. The first-order valence-electron chi connectivity index (χ1n) is 9.50. The van der Waals surface area contributed by atoms with Gasteiger partial charge in [-0.2, -0.15) is 0 Å². The Balaban J connectivity index is 1.81. The van der Waals surface area contributed by atoms with Crippen LogP contribution in [0.15, 0.2) is 59.5 Å². The van der Waals surface area contributed by atoms with Crippen molar-refractivity contribution in [3.8, 4) is 16.9 Å². The van der Waals surface area contributed by atoms with Crippen molar-refractivity contribution >= 4 is 17.0 Å². The lowest BCUT2D eigenvalue weighted by Gasteiger charge is -2.14. The van der Waals surface area contributed by atoms with Crippen molar-refractivity contribution in [2.24, 2.45) is 0 Å². The summed E-state index contributed by atoms with van der Waals surface area (Å²) in [6.07, 6.45) is 1.13. The van der Waals surface area contributed by atoms with Crippen molar-refractivity contribution in [2.75, 3.05) is 0 Å². The number of rotatable bonds is 3. The van der Waals surface area contributed by atoms with Gasteiger partial charge in [0.2, 0.25) is 5.43 Å². The maximum atomic E-state index is 15.0. The van der Waals surface area contributed by atoms with Crippen LogP contribution in [0.5, 0.6) is 0 Å². The number of aromatic nitrogens is 2. The molecular formula is C23H15F2N3O3. The Morgan fingerprint density at radius 2 is 1.77 bits per heavy atom. The minimum atomic E-state index is -1.45. The molecule has 8 heteroatoms. The summed E-state index contributed by atoms with van der Waals surface area (Å²) in [5.41, 5.74) is 1.85. The molecular weight excluding hydrogens is 404 g/mol. The molecule has 1 aliphatic rings. The molecule has 0 fully saturated rings. The number of halogens is 2. The summed E-state index contributed by atoms with van der Waals surface area (Å²) in [4.78, 5) is 28.7. The van der Waals surface area contributed by atoms with E-state index in [1.807, 2.05) is 12.1 Å². The van der Waals surface area contributed by atoms with Crippen molar-refractivity contribution in [3.63, 3.8) is 0 Å². The molecule has 1 aliphatic heterocycles. The van der Waals surface area contributed by atoms with Crippen molar-refractivity contribution < 1.29 is 18.7 Å². The lowest BCUT2D eigenvalue weighted by atomic mass is 10.0. The number of fused-ring (bicyclic) bond motifs is 2. The summed E-state index contributed by atoms with van der Waals surface area (Å²) >= 11 is 0. The molecule has 0 saturated carbocycles. The molecule has 31 heavy (non-hydrogen) atoms. The number of hydrogen-bond acceptors (Lipinski definition) is 4. The second-order valence-corrected chi connectivity index (χ2v) is 7.30. The molecule has 0 amide bonds. The van der Waals surface area contributed by atoms with Gasteiger partial charge in [-0.25, -0.2) is 18.6 Å². The van der Waals surface area contributed by atoms with E-state index in [9.17, 15) is 19.1 Å². The van der Waals surface area contributed by atoms with Crippen LogP contribution in [0.4, 0.5) is 8.78 Å². The maximum Gasteiger partial charge on any atom is 0.341 e. The van der Waals surface area contributed by atoms with E-state index in [-0.39, 0.29) is 16.7 Å². The Bertz CT molecular complexity index is 1430. The van der Waals surface area contributed by atoms with E-state index in [1.54, 1.807) is 6.07 Å². The van der Waals surface area contributed by atoms with Crippen LogP contribution in [0.1, 0.15) is 21.5 Å². The van der Waals surface area contributed by atoms with E-state index < -0.39 is 28.6 Å². The average molecular weight is 419 g/mol. The smallest absolute Gasteiger partial charge is 0.341 e. The van der Waals surface area contributed by atoms with E-state index in [4.69, 9.17) is 0 Å². The number of nitrogens with zero attached hydrogens (tertiary/aromatic N) is 2. The lowest BCUT2D eigenvalue weighted by Crippen LogP contribution is -2.19. The van der Waals surface area contributed by atoms with Gasteiger partial charge in [-0.05, 0) is 47.5 Å². The fourth-order valence-corrected chi connectivity index (χ4v) is 3.82. The van der Waals surface area contributed by atoms with Gasteiger partial charge < -0.3 is 15.0 Å². The van der Waals surface area contributed by atoms with Gasteiger partial charge in [-0.15, -0.1) is 0 Å². The van der Waals surface area contributed by atoms with Crippen LogP contribution in [0, 0.1) is 11.6 Å². The molecule has 2 N–H and O–H groups in total.